The van der Waals surface area contributed by atoms with Gasteiger partial charge in [0.25, 0.3) is 10.0 Å². The molecule has 0 fully saturated rings. The molecule has 0 saturated heterocycles. The predicted octanol–water partition coefficient (Wildman–Crippen LogP) is 4.13. The van der Waals surface area contributed by atoms with Crippen LogP contribution in [0.15, 0.2) is 77.7 Å². The van der Waals surface area contributed by atoms with Crippen LogP contribution in [0.25, 0.3) is 0 Å². The lowest BCUT2D eigenvalue weighted by Gasteiger charge is -2.24. The molecule has 0 heterocycles. The SMILES string of the molecule is CCOc1ccc(CNC(=O)CN(c2ccc(OCC)cc2)S(=O)(=O)c2ccc(F)cc2)cc1. The van der Waals surface area contributed by atoms with Gasteiger partial charge in [-0.3, -0.25) is 9.10 Å². The molecular weight excluding hydrogens is 459 g/mol. The van der Waals surface area contributed by atoms with Gasteiger partial charge in [0.15, 0.2) is 0 Å². The third kappa shape index (κ3) is 6.48. The molecule has 0 unspecified atom stereocenters. The van der Waals surface area contributed by atoms with E-state index in [0.29, 0.717) is 19.0 Å². The Bertz CT molecular complexity index is 1180. The molecule has 0 bridgehead atoms. The highest BCUT2D eigenvalue weighted by Gasteiger charge is 2.27. The second kappa shape index (κ2) is 11.5. The number of halogens is 1. The normalized spacial score (nSPS) is 11.0. The summed E-state index contributed by atoms with van der Waals surface area (Å²) in [6.45, 7) is 4.52. The largest absolute Gasteiger partial charge is 0.494 e. The number of amides is 1. The molecule has 0 aliphatic heterocycles. The van der Waals surface area contributed by atoms with Crippen molar-refractivity contribution in [3.63, 3.8) is 0 Å². The Morgan fingerprint density at radius 3 is 1.91 bits per heavy atom. The van der Waals surface area contributed by atoms with Crippen molar-refractivity contribution in [2.24, 2.45) is 0 Å². The van der Waals surface area contributed by atoms with Gasteiger partial charge in [0.2, 0.25) is 5.91 Å². The smallest absolute Gasteiger partial charge is 0.264 e. The van der Waals surface area contributed by atoms with E-state index < -0.39 is 28.3 Å². The molecule has 1 amide bonds. The van der Waals surface area contributed by atoms with Gasteiger partial charge in [-0.05, 0) is 80.1 Å². The molecular formula is C25H27FN2O5S. The van der Waals surface area contributed by atoms with Crippen LogP contribution >= 0.6 is 0 Å². The first kappa shape index (κ1) is 25.0. The van der Waals surface area contributed by atoms with Crippen LogP contribution in [0.3, 0.4) is 0 Å². The van der Waals surface area contributed by atoms with Gasteiger partial charge in [0.1, 0.15) is 23.9 Å². The van der Waals surface area contributed by atoms with Gasteiger partial charge < -0.3 is 14.8 Å². The van der Waals surface area contributed by atoms with E-state index in [2.05, 4.69) is 5.32 Å². The lowest BCUT2D eigenvalue weighted by atomic mass is 10.2. The van der Waals surface area contributed by atoms with E-state index >= 15 is 0 Å². The Hall–Kier alpha value is -3.59. The molecule has 34 heavy (non-hydrogen) atoms. The van der Waals surface area contributed by atoms with Crippen LogP contribution in [0.1, 0.15) is 19.4 Å². The first-order valence-electron chi connectivity index (χ1n) is 10.8. The molecule has 3 rings (SSSR count). The fourth-order valence-corrected chi connectivity index (χ4v) is 4.60. The van der Waals surface area contributed by atoms with Crippen LogP contribution in [-0.2, 0) is 21.4 Å². The second-order valence-electron chi connectivity index (χ2n) is 7.25. The highest BCUT2D eigenvalue weighted by Crippen LogP contribution is 2.26. The number of hydrogen-bond donors (Lipinski definition) is 1. The number of nitrogens with one attached hydrogen (secondary N) is 1. The third-order valence-electron chi connectivity index (χ3n) is 4.85. The van der Waals surface area contributed by atoms with Gasteiger partial charge in [-0.2, -0.15) is 0 Å². The number of rotatable bonds is 11. The minimum Gasteiger partial charge on any atom is -0.494 e. The number of anilines is 1. The molecule has 0 radical (unpaired) electrons. The first-order chi connectivity index (χ1) is 16.3. The molecule has 0 spiro atoms. The number of carbonyl (C=O) groups is 1. The predicted molar refractivity (Wildman–Crippen MR) is 128 cm³/mol. The van der Waals surface area contributed by atoms with Crippen molar-refractivity contribution in [2.75, 3.05) is 24.1 Å². The maximum atomic E-state index is 13.4. The van der Waals surface area contributed by atoms with Crippen LogP contribution in [0.5, 0.6) is 11.5 Å². The summed E-state index contributed by atoms with van der Waals surface area (Å²) >= 11 is 0. The summed E-state index contributed by atoms with van der Waals surface area (Å²) in [5.41, 5.74) is 1.12. The summed E-state index contributed by atoms with van der Waals surface area (Å²) in [6, 6.07) is 18.1. The standard InChI is InChI=1S/C25H27FN2O5S/c1-3-32-22-11-5-19(6-12-22)17-27-25(29)18-28(21-9-13-23(14-10-21)33-4-2)34(30,31)24-15-7-20(26)8-16-24/h5-16H,3-4,17-18H2,1-2H3,(H,27,29). The van der Waals surface area contributed by atoms with E-state index in [-0.39, 0.29) is 17.1 Å². The molecule has 9 heteroatoms. The topological polar surface area (TPSA) is 84.9 Å². The van der Waals surface area contributed by atoms with Crippen LogP contribution in [0.2, 0.25) is 0 Å². The first-order valence-corrected chi connectivity index (χ1v) is 12.3. The molecule has 180 valence electrons. The molecule has 1 N–H and O–H groups in total. The average molecular weight is 487 g/mol. The lowest BCUT2D eigenvalue weighted by Crippen LogP contribution is -2.40. The summed E-state index contributed by atoms with van der Waals surface area (Å²) in [6.07, 6.45) is 0. The quantitative estimate of drug-likeness (QED) is 0.441. The zero-order valence-electron chi connectivity index (χ0n) is 19.0. The minimum absolute atomic E-state index is 0.123. The van der Waals surface area contributed by atoms with E-state index in [9.17, 15) is 17.6 Å². The van der Waals surface area contributed by atoms with Gasteiger partial charge in [0.05, 0.1) is 23.8 Å². The summed E-state index contributed by atoms with van der Waals surface area (Å²) in [5, 5.41) is 2.74. The fourth-order valence-electron chi connectivity index (χ4n) is 3.18. The zero-order chi connectivity index (χ0) is 24.6. The van der Waals surface area contributed by atoms with Crippen molar-refractivity contribution in [1.82, 2.24) is 5.32 Å². The third-order valence-corrected chi connectivity index (χ3v) is 6.64. The van der Waals surface area contributed by atoms with Gasteiger partial charge in [0, 0.05) is 6.54 Å². The van der Waals surface area contributed by atoms with Crippen LogP contribution in [0, 0.1) is 5.82 Å². The molecule has 0 atom stereocenters. The zero-order valence-corrected chi connectivity index (χ0v) is 19.8. The lowest BCUT2D eigenvalue weighted by molar-refractivity contribution is -0.119. The van der Waals surface area contributed by atoms with Crippen molar-refractivity contribution >= 4 is 21.6 Å². The Balaban J connectivity index is 1.80. The van der Waals surface area contributed by atoms with E-state index in [1.54, 1.807) is 36.4 Å². The number of sulfonamides is 1. The van der Waals surface area contributed by atoms with E-state index in [4.69, 9.17) is 9.47 Å². The van der Waals surface area contributed by atoms with E-state index in [1.807, 2.05) is 26.0 Å². The van der Waals surface area contributed by atoms with Gasteiger partial charge in [-0.15, -0.1) is 0 Å². The molecule has 0 saturated carbocycles. The van der Waals surface area contributed by atoms with Crippen molar-refractivity contribution < 1.29 is 27.1 Å². The Morgan fingerprint density at radius 2 is 1.38 bits per heavy atom. The summed E-state index contributed by atoms with van der Waals surface area (Å²) in [4.78, 5) is 12.6. The monoisotopic (exact) mass is 486 g/mol. The average Bonchev–Trinajstić information content (AvgIpc) is 2.83. The second-order valence-corrected chi connectivity index (χ2v) is 9.11. The van der Waals surface area contributed by atoms with Crippen molar-refractivity contribution in [3.8, 4) is 11.5 Å². The molecule has 7 nitrogen and oxygen atoms in total. The van der Waals surface area contributed by atoms with Crippen LogP contribution in [0.4, 0.5) is 10.1 Å². The molecule has 0 aliphatic rings. The fraction of sp³-hybridized carbons (Fsp3) is 0.240. The Labute approximate surface area is 199 Å². The van der Waals surface area contributed by atoms with Gasteiger partial charge in [-0.1, -0.05) is 12.1 Å². The van der Waals surface area contributed by atoms with Crippen molar-refractivity contribution in [3.05, 3.63) is 84.2 Å². The van der Waals surface area contributed by atoms with Crippen LogP contribution < -0.4 is 19.1 Å². The van der Waals surface area contributed by atoms with Gasteiger partial charge in [-0.25, -0.2) is 12.8 Å². The van der Waals surface area contributed by atoms with E-state index in [0.717, 1.165) is 27.8 Å². The van der Waals surface area contributed by atoms with E-state index in [1.165, 1.54) is 12.1 Å². The summed E-state index contributed by atoms with van der Waals surface area (Å²) in [7, 11) is -4.14. The van der Waals surface area contributed by atoms with Gasteiger partial charge >= 0.3 is 0 Å². The highest BCUT2D eigenvalue weighted by atomic mass is 32.2. The minimum atomic E-state index is -4.14. The Kier molecular flexibility index (Phi) is 8.48. The summed E-state index contributed by atoms with van der Waals surface area (Å²) in [5.74, 6) is 0.253. The highest BCUT2D eigenvalue weighted by molar-refractivity contribution is 7.92. The Morgan fingerprint density at radius 1 is 0.853 bits per heavy atom. The molecule has 0 aromatic heterocycles. The maximum Gasteiger partial charge on any atom is 0.264 e. The molecule has 0 aliphatic carbocycles. The van der Waals surface area contributed by atoms with Crippen molar-refractivity contribution in [1.29, 1.82) is 0 Å². The molecule has 3 aromatic carbocycles. The van der Waals surface area contributed by atoms with Crippen LogP contribution in [-0.4, -0.2) is 34.1 Å². The summed E-state index contributed by atoms with van der Waals surface area (Å²) < 4.78 is 51.9. The number of carbonyl (C=O) groups excluding carboxylic acids is 1. The number of hydrogen-bond acceptors (Lipinski definition) is 5. The molecule has 3 aromatic rings. The number of benzene rings is 3. The maximum absolute atomic E-state index is 13.4. The van der Waals surface area contributed by atoms with Crippen molar-refractivity contribution in [2.45, 2.75) is 25.3 Å². The number of nitrogens with zero attached hydrogens (tertiary/aromatic N) is 1. The number of ether oxygens (including phenoxy) is 2.